The second kappa shape index (κ2) is 7.35. The van der Waals surface area contributed by atoms with E-state index in [2.05, 4.69) is 0 Å². The molecule has 0 fully saturated rings. The van der Waals surface area contributed by atoms with Gasteiger partial charge < -0.3 is 10.0 Å². The smallest absolute Gasteiger partial charge is 0.336 e. The molecule has 1 heterocycles. The Bertz CT molecular complexity index is 579. The molecule has 0 spiro atoms. The molecule has 0 bridgehead atoms. The van der Waals surface area contributed by atoms with E-state index in [0.717, 1.165) is 11.3 Å². The van der Waals surface area contributed by atoms with Crippen molar-refractivity contribution >= 4 is 27.3 Å². The second-order valence-corrected chi connectivity index (χ2v) is 8.60. The fraction of sp³-hybridized carbons (Fsp3) is 0.615. The van der Waals surface area contributed by atoms with Crippen molar-refractivity contribution < 1.29 is 18.3 Å². The monoisotopic (exact) mass is 334 g/mol. The quantitative estimate of drug-likeness (QED) is 0.782. The average Bonchev–Trinajstić information content (AvgIpc) is 2.83. The van der Waals surface area contributed by atoms with E-state index in [9.17, 15) is 13.2 Å². The number of carboxylic acid groups (broad SMARTS) is 1. The van der Waals surface area contributed by atoms with Gasteiger partial charge in [0, 0.05) is 25.0 Å². The van der Waals surface area contributed by atoms with Gasteiger partial charge in [-0.3, -0.25) is 0 Å². The molecule has 8 heteroatoms. The predicted octanol–water partition coefficient (Wildman–Crippen LogP) is 1.65. The molecule has 0 aromatic carbocycles. The van der Waals surface area contributed by atoms with E-state index in [-0.39, 0.29) is 15.7 Å². The Kier molecular flexibility index (Phi) is 6.33. The number of carbonyl (C=O) groups is 1. The molecule has 0 radical (unpaired) electrons. The summed E-state index contributed by atoms with van der Waals surface area (Å²) in [6.07, 6.45) is 0. The molecule has 1 rings (SSSR count). The second-order valence-electron chi connectivity index (χ2n) is 5.52. The molecule has 0 aliphatic carbocycles. The highest BCUT2D eigenvalue weighted by atomic mass is 32.2. The van der Waals surface area contributed by atoms with E-state index in [1.54, 1.807) is 0 Å². The zero-order valence-electron chi connectivity index (χ0n) is 12.7. The summed E-state index contributed by atoms with van der Waals surface area (Å²) in [5.74, 6) is -0.919. The molecular formula is C13H22N2O4S2. The fourth-order valence-corrected chi connectivity index (χ4v) is 4.62. The molecular weight excluding hydrogens is 312 g/mol. The first-order chi connectivity index (χ1) is 9.64. The number of hydrogen-bond donors (Lipinski definition) is 1. The Hall–Kier alpha value is -0.960. The van der Waals surface area contributed by atoms with Gasteiger partial charge in [0.05, 0.1) is 5.56 Å². The highest BCUT2D eigenvalue weighted by Crippen LogP contribution is 2.24. The van der Waals surface area contributed by atoms with E-state index in [1.165, 1.54) is 15.8 Å². The lowest BCUT2D eigenvalue weighted by Crippen LogP contribution is -2.38. The molecule has 0 saturated heterocycles. The van der Waals surface area contributed by atoms with Gasteiger partial charge in [0.15, 0.2) is 0 Å². The number of carboxylic acids is 1. The van der Waals surface area contributed by atoms with Crippen molar-refractivity contribution in [1.82, 2.24) is 9.21 Å². The maximum atomic E-state index is 12.6. The highest BCUT2D eigenvalue weighted by molar-refractivity contribution is 7.91. The van der Waals surface area contributed by atoms with Gasteiger partial charge in [-0.2, -0.15) is 4.31 Å². The normalized spacial score (nSPS) is 12.5. The third-order valence-electron chi connectivity index (χ3n) is 2.78. The molecule has 0 amide bonds. The Balaban J connectivity index is 3.03. The molecule has 1 aromatic rings. The van der Waals surface area contributed by atoms with Gasteiger partial charge in [-0.25, -0.2) is 13.2 Å². The first-order valence-corrected chi connectivity index (χ1v) is 8.93. The summed E-state index contributed by atoms with van der Waals surface area (Å²) in [5, 5.41) is 10.3. The van der Waals surface area contributed by atoms with Crippen LogP contribution >= 0.6 is 11.3 Å². The summed E-state index contributed by atoms with van der Waals surface area (Å²) in [6.45, 7) is 5.32. The maximum absolute atomic E-state index is 12.6. The van der Waals surface area contributed by atoms with E-state index in [0.29, 0.717) is 19.6 Å². The minimum Gasteiger partial charge on any atom is -0.478 e. The number of sulfonamides is 1. The van der Waals surface area contributed by atoms with Crippen LogP contribution in [0.25, 0.3) is 0 Å². The van der Waals surface area contributed by atoms with Crippen molar-refractivity contribution in [3.05, 3.63) is 17.0 Å². The molecule has 0 unspecified atom stereocenters. The van der Waals surface area contributed by atoms with Crippen molar-refractivity contribution in [3.8, 4) is 0 Å². The zero-order valence-corrected chi connectivity index (χ0v) is 14.4. The molecule has 1 N–H and O–H groups in total. The summed E-state index contributed by atoms with van der Waals surface area (Å²) < 4.78 is 26.8. The van der Waals surface area contributed by atoms with Gasteiger partial charge in [0.2, 0.25) is 0 Å². The van der Waals surface area contributed by atoms with Crippen LogP contribution < -0.4 is 0 Å². The number of aromatic carboxylic acids is 1. The van der Waals surface area contributed by atoms with E-state index in [1.807, 2.05) is 32.8 Å². The molecule has 0 aliphatic heterocycles. The van der Waals surface area contributed by atoms with Crippen LogP contribution in [0.5, 0.6) is 0 Å². The molecule has 21 heavy (non-hydrogen) atoms. The average molecular weight is 334 g/mol. The predicted molar refractivity (Wildman–Crippen MR) is 83.4 cm³/mol. The number of rotatable bonds is 8. The van der Waals surface area contributed by atoms with E-state index < -0.39 is 16.0 Å². The van der Waals surface area contributed by atoms with Crippen molar-refractivity contribution in [2.75, 3.05) is 33.7 Å². The molecule has 0 atom stereocenters. The summed E-state index contributed by atoms with van der Waals surface area (Å²) in [5.41, 5.74) is 0.00989. The van der Waals surface area contributed by atoms with Gasteiger partial charge >= 0.3 is 5.97 Å². The van der Waals surface area contributed by atoms with Crippen molar-refractivity contribution in [3.63, 3.8) is 0 Å². The van der Waals surface area contributed by atoms with Crippen LogP contribution in [-0.4, -0.2) is 62.4 Å². The first-order valence-electron chi connectivity index (χ1n) is 6.61. The van der Waals surface area contributed by atoms with Crippen LogP contribution in [0, 0.1) is 5.92 Å². The van der Waals surface area contributed by atoms with Crippen molar-refractivity contribution in [2.24, 2.45) is 5.92 Å². The standard InChI is InChI=1S/C13H22N2O4S2/c1-10(2)8-15(6-5-14(3)4)21(18,19)12-7-11(9-20-12)13(16)17/h7,9-10H,5-6,8H2,1-4H3,(H,16,17). The van der Waals surface area contributed by atoms with Crippen LogP contribution in [0.3, 0.4) is 0 Å². The molecule has 6 nitrogen and oxygen atoms in total. The minimum atomic E-state index is -3.64. The topological polar surface area (TPSA) is 77.9 Å². The molecule has 0 aliphatic rings. The van der Waals surface area contributed by atoms with Crippen molar-refractivity contribution in [1.29, 1.82) is 0 Å². The summed E-state index contributed by atoms with van der Waals surface area (Å²) in [7, 11) is 0.123. The highest BCUT2D eigenvalue weighted by Gasteiger charge is 2.27. The maximum Gasteiger partial charge on any atom is 0.336 e. The molecule has 0 saturated carbocycles. The fourth-order valence-electron chi connectivity index (χ4n) is 1.72. The van der Waals surface area contributed by atoms with E-state index in [4.69, 9.17) is 5.11 Å². The van der Waals surface area contributed by atoms with Crippen LogP contribution in [0.4, 0.5) is 0 Å². The zero-order chi connectivity index (χ0) is 16.2. The lowest BCUT2D eigenvalue weighted by Gasteiger charge is -2.24. The Labute approximate surface area is 130 Å². The Morgan fingerprint density at radius 2 is 1.95 bits per heavy atom. The number of likely N-dealkylation sites (N-methyl/N-ethyl adjacent to an activating group) is 1. The first kappa shape index (κ1) is 18.1. The van der Waals surface area contributed by atoms with E-state index >= 15 is 0 Å². The Morgan fingerprint density at radius 1 is 1.33 bits per heavy atom. The third-order valence-corrected chi connectivity index (χ3v) is 6.06. The van der Waals surface area contributed by atoms with Gasteiger partial charge in [0.25, 0.3) is 10.0 Å². The summed E-state index contributed by atoms with van der Waals surface area (Å²) in [6, 6.07) is 1.23. The number of nitrogens with zero attached hydrogens (tertiary/aromatic N) is 2. The minimum absolute atomic E-state index is 0.00989. The van der Waals surface area contributed by atoms with Crippen LogP contribution in [0.2, 0.25) is 0 Å². The Morgan fingerprint density at radius 3 is 2.38 bits per heavy atom. The van der Waals surface area contributed by atoms with Crippen LogP contribution in [0.1, 0.15) is 24.2 Å². The lowest BCUT2D eigenvalue weighted by atomic mass is 10.2. The molecule has 1 aromatic heterocycles. The lowest BCUT2D eigenvalue weighted by molar-refractivity contribution is 0.0697. The summed E-state index contributed by atoms with van der Waals surface area (Å²) >= 11 is 0.950. The van der Waals surface area contributed by atoms with Crippen molar-refractivity contribution in [2.45, 2.75) is 18.1 Å². The molecule has 120 valence electrons. The summed E-state index contributed by atoms with van der Waals surface area (Å²) in [4.78, 5) is 12.8. The van der Waals surface area contributed by atoms with Gasteiger partial charge in [-0.05, 0) is 26.1 Å². The largest absolute Gasteiger partial charge is 0.478 e. The van der Waals surface area contributed by atoms with Gasteiger partial charge in [-0.1, -0.05) is 13.8 Å². The van der Waals surface area contributed by atoms with Gasteiger partial charge in [0.1, 0.15) is 4.21 Å². The number of thiophene rings is 1. The van der Waals surface area contributed by atoms with Gasteiger partial charge in [-0.15, -0.1) is 11.3 Å². The van der Waals surface area contributed by atoms with Crippen LogP contribution in [-0.2, 0) is 10.0 Å². The SMILES string of the molecule is CC(C)CN(CCN(C)C)S(=O)(=O)c1cc(C(=O)O)cs1. The van der Waals surface area contributed by atoms with Crippen LogP contribution in [0.15, 0.2) is 15.7 Å². The number of hydrogen-bond acceptors (Lipinski definition) is 5. The third kappa shape index (κ3) is 5.06.